The molecule has 1 unspecified atom stereocenters. The van der Waals surface area contributed by atoms with Crippen LogP contribution >= 0.6 is 11.6 Å². The van der Waals surface area contributed by atoms with Gasteiger partial charge in [0.2, 0.25) is 15.9 Å². The van der Waals surface area contributed by atoms with E-state index in [1.54, 1.807) is 25.1 Å². The minimum absolute atomic E-state index is 0.237. The molecule has 0 radical (unpaired) electrons. The number of rotatable bonds is 6. The average Bonchev–Trinajstić information content (AvgIpc) is 2.55. The standard InChI is InChI=1S/C21H27ClN2O3S/c1-13-9-15(3)19(11-14(13)2)17(5)23-21(25)12-24(28(6,26)27)20-8-7-18(22)10-16(20)4/h7-11,17H,12H2,1-6H3,(H,23,25). The highest BCUT2D eigenvalue weighted by molar-refractivity contribution is 7.92. The summed E-state index contributed by atoms with van der Waals surface area (Å²) < 4.78 is 25.7. The zero-order valence-corrected chi connectivity index (χ0v) is 18.7. The monoisotopic (exact) mass is 422 g/mol. The number of nitrogens with one attached hydrogen (secondary N) is 1. The molecular weight excluding hydrogens is 396 g/mol. The summed E-state index contributed by atoms with van der Waals surface area (Å²) in [7, 11) is -3.64. The van der Waals surface area contributed by atoms with Crippen LogP contribution in [0.3, 0.4) is 0 Å². The van der Waals surface area contributed by atoms with E-state index in [1.807, 2.05) is 27.7 Å². The van der Waals surface area contributed by atoms with E-state index >= 15 is 0 Å². The molecule has 1 amide bonds. The molecular formula is C21H27ClN2O3S. The number of aryl methyl sites for hydroxylation is 4. The summed E-state index contributed by atoms with van der Waals surface area (Å²) in [5.74, 6) is -0.370. The first-order valence-electron chi connectivity index (χ1n) is 9.01. The van der Waals surface area contributed by atoms with Crippen molar-refractivity contribution < 1.29 is 13.2 Å². The maximum absolute atomic E-state index is 12.7. The second-order valence-electron chi connectivity index (χ2n) is 7.28. The maximum Gasteiger partial charge on any atom is 0.241 e. The number of carbonyl (C=O) groups excluding carboxylic acids is 1. The number of hydrogen-bond acceptors (Lipinski definition) is 3. The molecule has 0 saturated heterocycles. The Kier molecular flexibility index (Phi) is 6.78. The topological polar surface area (TPSA) is 66.5 Å². The SMILES string of the molecule is Cc1cc(C)c(C(C)NC(=O)CN(c2ccc(Cl)cc2C)S(C)(=O)=O)cc1C. The summed E-state index contributed by atoms with van der Waals surface area (Å²) in [4.78, 5) is 12.7. The molecule has 5 nitrogen and oxygen atoms in total. The lowest BCUT2D eigenvalue weighted by molar-refractivity contribution is -0.120. The lowest BCUT2D eigenvalue weighted by Crippen LogP contribution is -2.41. The van der Waals surface area contributed by atoms with Crippen LogP contribution in [0.4, 0.5) is 5.69 Å². The van der Waals surface area contributed by atoms with Gasteiger partial charge in [-0.2, -0.15) is 0 Å². The highest BCUT2D eigenvalue weighted by Crippen LogP contribution is 2.26. The first kappa shape index (κ1) is 22.2. The molecule has 2 rings (SSSR count). The smallest absolute Gasteiger partial charge is 0.241 e. The molecule has 0 spiro atoms. The predicted octanol–water partition coefficient (Wildman–Crippen LogP) is 4.22. The van der Waals surface area contributed by atoms with E-state index < -0.39 is 10.0 Å². The van der Waals surface area contributed by atoms with Gasteiger partial charge in [-0.25, -0.2) is 8.42 Å². The largest absolute Gasteiger partial charge is 0.348 e. The maximum atomic E-state index is 12.7. The molecule has 0 bridgehead atoms. The summed E-state index contributed by atoms with van der Waals surface area (Å²) in [5.41, 5.74) is 5.58. The van der Waals surface area contributed by atoms with Crippen LogP contribution < -0.4 is 9.62 Å². The first-order chi connectivity index (χ1) is 12.9. The number of anilines is 1. The van der Waals surface area contributed by atoms with E-state index in [1.165, 1.54) is 5.56 Å². The summed E-state index contributed by atoms with van der Waals surface area (Å²) in [6.07, 6.45) is 1.09. The van der Waals surface area contributed by atoms with Crippen molar-refractivity contribution in [3.63, 3.8) is 0 Å². The molecule has 0 aliphatic rings. The van der Waals surface area contributed by atoms with Crippen LogP contribution in [0.5, 0.6) is 0 Å². The second kappa shape index (κ2) is 8.53. The highest BCUT2D eigenvalue weighted by Gasteiger charge is 2.23. The quantitative estimate of drug-likeness (QED) is 0.757. The Hall–Kier alpha value is -2.05. The number of benzene rings is 2. The lowest BCUT2D eigenvalue weighted by atomic mass is 9.96. The molecule has 0 fully saturated rings. The second-order valence-corrected chi connectivity index (χ2v) is 9.63. The Morgan fingerprint density at radius 2 is 1.64 bits per heavy atom. The van der Waals surface area contributed by atoms with Gasteiger partial charge in [0.25, 0.3) is 0 Å². The normalized spacial score (nSPS) is 12.5. The number of carbonyl (C=O) groups is 1. The molecule has 0 aromatic heterocycles. The molecule has 7 heteroatoms. The number of hydrogen-bond donors (Lipinski definition) is 1. The third-order valence-electron chi connectivity index (χ3n) is 4.84. The van der Waals surface area contributed by atoms with Crippen LogP contribution in [0.1, 0.15) is 40.8 Å². The minimum Gasteiger partial charge on any atom is -0.348 e. The van der Waals surface area contributed by atoms with Gasteiger partial charge in [0.15, 0.2) is 0 Å². The van der Waals surface area contributed by atoms with Crippen LogP contribution in [-0.4, -0.2) is 27.1 Å². The van der Waals surface area contributed by atoms with Gasteiger partial charge in [0.1, 0.15) is 6.54 Å². The van der Waals surface area contributed by atoms with Crippen molar-refractivity contribution in [2.75, 3.05) is 17.1 Å². The van der Waals surface area contributed by atoms with Crippen LogP contribution in [-0.2, 0) is 14.8 Å². The molecule has 28 heavy (non-hydrogen) atoms. The Labute approximate surface area is 172 Å². The van der Waals surface area contributed by atoms with Crippen LogP contribution in [0, 0.1) is 27.7 Å². The summed E-state index contributed by atoms with van der Waals surface area (Å²) >= 11 is 5.97. The Morgan fingerprint density at radius 3 is 2.21 bits per heavy atom. The number of amides is 1. The zero-order chi connectivity index (χ0) is 21.2. The first-order valence-corrected chi connectivity index (χ1v) is 11.2. The van der Waals surface area contributed by atoms with E-state index in [9.17, 15) is 13.2 Å². The number of sulfonamides is 1. The molecule has 0 aliphatic carbocycles. The fraction of sp³-hybridized carbons (Fsp3) is 0.381. The van der Waals surface area contributed by atoms with Gasteiger partial charge in [-0.15, -0.1) is 0 Å². The fourth-order valence-electron chi connectivity index (χ4n) is 3.22. The fourth-order valence-corrected chi connectivity index (χ4v) is 4.37. The lowest BCUT2D eigenvalue weighted by Gasteiger charge is -2.25. The van der Waals surface area contributed by atoms with Gasteiger partial charge < -0.3 is 5.32 Å². The molecule has 2 aromatic rings. The Balaban J connectivity index is 2.24. The molecule has 0 aliphatic heterocycles. The highest BCUT2D eigenvalue weighted by atomic mass is 35.5. The van der Waals surface area contributed by atoms with E-state index in [0.29, 0.717) is 16.3 Å². The van der Waals surface area contributed by atoms with E-state index in [4.69, 9.17) is 11.6 Å². The number of nitrogens with zero attached hydrogens (tertiary/aromatic N) is 1. The molecule has 1 N–H and O–H groups in total. The van der Waals surface area contributed by atoms with Crippen molar-refractivity contribution in [2.24, 2.45) is 0 Å². The molecule has 152 valence electrons. The van der Waals surface area contributed by atoms with Crippen LogP contribution in [0.2, 0.25) is 5.02 Å². The zero-order valence-electron chi connectivity index (χ0n) is 17.1. The molecule has 2 aromatic carbocycles. The summed E-state index contributed by atoms with van der Waals surface area (Å²) in [5, 5.41) is 3.43. The number of halogens is 1. The third kappa shape index (κ3) is 5.26. The summed E-state index contributed by atoms with van der Waals surface area (Å²) in [6, 6.07) is 8.82. The van der Waals surface area contributed by atoms with Crippen molar-refractivity contribution in [1.82, 2.24) is 5.32 Å². The van der Waals surface area contributed by atoms with Gasteiger partial charge in [0.05, 0.1) is 18.0 Å². The molecule has 0 heterocycles. The van der Waals surface area contributed by atoms with Gasteiger partial charge in [-0.3, -0.25) is 9.10 Å². The van der Waals surface area contributed by atoms with Crippen molar-refractivity contribution in [2.45, 2.75) is 40.7 Å². The molecule has 0 saturated carbocycles. The predicted molar refractivity (Wildman–Crippen MR) is 116 cm³/mol. The van der Waals surface area contributed by atoms with Crippen molar-refractivity contribution >= 4 is 33.2 Å². The van der Waals surface area contributed by atoms with Gasteiger partial charge >= 0.3 is 0 Å². The van der Waals surface area contributed by atoms with Crippen LogP contribution in [0.15, 0.2) is 30.3 Å². The third-order valence-corrected chi connectivity index (χ3v) is 6.20. The van der Waals surface area contributed by atoms with Gasteiger partial charge in [-0.05, 0) is 80.6 Å². The Morgan fingerprint density at radius 1 is 1.04 bits per heavy atom. The van der Waals surface area contributed by atoms with Crippen molar-refractivity contribution in [3.05, 3.63) is 63.2 Å². The average molecular weight is 423 g/mol. The van der Waals surface area contributed by atoms with Gasteiger partial charge in [0, 0.05) is 5.02 Å². The van der Waals surface area contributed by atoms with E-state index in [0.717, 1.165) is 27.3 Å². The molecule has 1 atom stereocenters. The van der Waals surface area contributed by atoms with Crippen molar-refractivity contribution in [1.29, 1.82) is 0 Å². The van der Waals surface area contributed by atoms with Crippen LogP contribution in [0.25, 0.3) is 0 Å². The Bertz CT molecular complexity index is 1000. The van der Waals surface area contributed by atoms with Crippen molar-refractivity contribution in [3.8, 4) is 0 Å². The van der Waals surface area contributed by atoms with E-state index in [2.05, 4.69) is 17.4 Å². The minimum atomic E-state index is -3.64. The van der Waals surface area contributed by atoms with Gasteiger partial charge in [-0.1, -0.05) is 23.7 Å². The van der Waals surface area contributed by atoms with E-state index in [-0.39, 0.29) is 18.5 Å². The summed E-state index contributed by atoms with van der Waals surface area (Å²) in [6.45, 7) is 9.45.